The molecular formula is C17H25ClN2O3. The van der Waals surface area contributed by atoms with E-state index in [-0.39, 0.29) is 23.7 Å². The number of nitrogens with one attached hydrogen (secondary N) is 2. The molecule has 0 bridgehead atoms. The number of carbonyl (C=O) groups is 1. The first-order valence-electron chi connectivity index (χ1n) is 7.94. The van der Waals surface area contributed by atoms with Crippen molar-refractivity contribution in [1.29, 1.82) is 0 Å². The minimum Gasteiger partial charge on any atom is -0.480 e. The van der Waals surface area contributed by atoms with E-state index in [1.54, 1.807) is 7.11 Å². The topological polar surface area (TPSA) is 59.6 Å². The number of hydrogen-bond donors (Lipinski definition) is 2. The van der Waals surface area contributed by atoms with Crippen LogP contribution in [0.5, 0.6) is 5.75 Å². The van der Waals surface area contributed by atoms with Crippen LogP contribution in [0.2, 0.25) is 0 Å². The van der Waals surface area contributed by atoms with Crippen molar-refractivity contribution in [3.05, 3.63) is 29.8 Å². The number of ether oxygens (including phenoxy) is 2. The molecule has 0 saturated carbocycles. The fraction of sp³-hybridized carbons (Fsp3) is 0.588. The molecule has 0 aliphatic carbocycles. The highest BCUT2D eigenvalue weighted by atomic mass is 35.5. The Morgan fingerprint density at radius 1 is 1.39 bits per heavy atom. The molecule has 2 aliphatic rings. The number of carbonyl (C=O) groups excluding carboxylic acids is 1. The van der Waals surface area contributed by atoms with Crippen LogP contribution < -0.4 is 15.4 Å². The summed E-state index contributed by atoms with van der Waals surface area (Å²) in [4.78, 5) is 12.4. The number of halogens is 1. The average Bonchev–Trinajstić information content (AvgIpc) is 2.98. The van der Waals surface area contributed by atoms with Crippen molar-refractivity contribution in [3.63, 3.8) is 0 Å². The largest absolute Gasteiger partial charge is 0.480 e. The molecule has 5 nitrogen and oxygen atoms in total. The summed E-state index contributed by atoms with van der Waals surface area (Å²) in [6.45, 7) is 3.29. The Balaban J connectivity index is 0.00000192. The molecule has 1 saturated heterocycles. The number of fused-ring (bicyclic) bond motifs is 1. The maximum atomic E-state index is 12.4. The first kappa shape index (κ1) is 18.0. The fourth-order valence-corrected chi connectivity index (χ4v) is 3.35. The lowest BCUT2D eigenvalue weighted by Crippen LogP contribution is -2.49. The predicted molar refractivity (Wildman–Crippen MR) is 91.2 cm³/mol. The second-order valence-electron chi connectivity index (χ2n) is 6.32. The van der Waals surface area contributed by atoms with Crippen LogP contribution >= 0.6 is 12.4 Å². The van der Waals surface area contributed by atoms with Crippen molar-refractivity contribution in [2.45, 2.75) is 25.4 Å². The monoisotopic (exact) mass is 340 g/mol. The van der Waals surface area contributed by atoms with E-state index in [4.69, 9.17) is 9.47 Å². The third-order valence-corrected chi connectivity index (χ3v) is 4.69. The van der Waals surface area contributed by atoms with E-state index >= 15 is 0 Å². The van der Waals surface area contributed by atoms with Gasteiger partial charge in [0.1, 0.15) is 5.75 Å². The molecule has 1 aromatic rings. The third-order valence-electron chi connectivity index (χ3n) is 4.69. The molecule has 0 spiro atoms. The van der Waals surface area contributed by atoms with Gasteiger partial charge in [-0.3, -0.25) is 4.79 Å². The number of piperidine rings is 1. The standard InChI is InChI=1S/C17H24N2O3.ClH/c1-21-12-17(6-8-18-9-7-17)11-19-16(20)15-10-13-4-2-3-5-14(13)22-15;/h2-5,15,18H,6-12H2,1H3,(H,19,20);1H. The molecule has 0 radical (unpaired) electrons. The highest BCUT2D eigenvalue weighted by Crippen LogP contribution is 2.30. The molecule has 23 heavy (non-hydrogen) atoms. The Labute approximate surface area is 143 Å². The average molecular weight is 341 g/mol. The summed E-state index contributed by atoms with van der Waals surface area (Å²) in [5.41, 5.74) is 1.15. The lowest BCUT2D eigenvalue weighted by Gasteiger charge is -2.37. The van der Waals surface area contributed by atoms with Gasteiger partial charge in [0.25, 0.3) is 5.91 Å². The van der Waals surface area contributed by atoms with Gasteiger partial charge < -0.3 is 20.1 Å². The van der Waals surface area contributed by atoms with Crippen molar-refractivity contribution < 1.29 is 14.3 Å². The number of para-hydroxylation sites is 1. The van der Waals surface area contributed by atoms with Crippen LogP contribution in [0, 0.1) is 5.41 Å². The minimum absolute atomic E-state index is 0. The summed E-state index contributed by atoms with van der Waals surface area (Å²) < 4.78 is 11.1. The predicted octanol–water partition coefficient (Wildman–Crippen LogP) is 1.54. The zero-order chi connectivity index (χ0) is 15.4. The van der Waals surface area contributed by atoms with Gasteiger partial charge in [0.15, 0.2) is 6.10 Å². The normalized spacial score (nSPS) is 21.7. The van der Waals surface area contributed by atoms with Crippen LogP contribution in [0.3, 0.4) is 0 Å². The second kappa shape index (κ2) is 7.99. The van der Waals surface area contributed by atoms with Crippen LogP contribution in [-0.2, 0) is 16.0 Å². The van der Waals surface area contributed by atoms with Crippen molar-refractivity contribution in [3.8, 4) is 5.75 Å². The van der Waals surface area contributed by atoms with E-state index in [0.29, 0.717) is 19.6 Å². The minimum atomic E-state index is -0.404. The maximum Gasteiger partial charge on any atom is 0.261 e. The molecule has 1 aromatic carbocycles. The van der Waals surface area contributed by atoms with Crippen molar-refractivity contribution in [2.75, 3.05) is 33.4 Å². The van der Waals surface area contributed by atoms with Crippen LogP contribution in [0.1, 0.15) is 18.4 Å². The molecular weight excluding hydrogens is 316 g/mol. The van der Waals surface area contributed by atoms with Gasteiger partial charge in [-0.15, -0.1) is 12.4 Å². The summed E-state index contributed by atoms with van der Waals surface area (Å²) in [5.74, 6) is 0.807. The zero-order valence-corrected chi connectivity index (χ0v) is 14.3. The molecule has 6 heteroatoms. The molecule has 1 amide bonds. The third kappa shape index (κ3) is 4.16. The van der Waals surface area contributed by atoms with Gasteiger partial charge in [-0.05, 0) is 37.6 Å². The summed E-state index contributed by atoms with van der Waals surface area (Å²) in [7, 11) is 1.72. The SMILES string of the molecule is COCC1(CNC(=O)C2Cc3ccccc3O2)CCNCC1.Cl. The van der Waals surface area contributed by atoms with Crippen LogP contribution in [-0.4, -0.2) is 45.4 Å². The molecule has 0 aromatic heterocycles. The van der Waals surface area contributed by atoms with Crippen LogP contribution in [0.4, 0.5) is 0 Å². The number of methoxy groups -OCH3 is 1. The van der Waals surface area contributed by atoms with Gasteiger partial charge in [0, 0.05) is 25.5 Å². The molecule has 2 aliphatic heterocycles. The van der Waals surface area contributed by atoms with Crippen LogP contribution in [0.25, 0.3) is 0 Å². The Kier molecular flexibility index (Phi) is 6.27. The Morgan fingerprint density at radius 3 is 2.83 bits per heavy atom. The first-order valence-corrected chi connectivity index (χ1v) is 7.94. The highest BCUT2D eigenvalue weighted by molar-refractivity contribution is 5.85. The second-order valence-corrected chi connectivity index (χ2v) is 6.32. The molecule has 2 N–H and O–H groups in total. The van der Waals surface area contributed by atoms with Crippen molar-refractivity contribution in [1.82, 2.24) is 10.6 Å². The van der Waals surface area contributed by atoms with Gasteiger partial charge in [-0.1, -0.05) is 18.2 Å². The quantitative estimate of drug-likeness (QED) is 0.853. The highest BCUT2D eigenvalue weighted by Gasteiger charge is 2.35. The molecule has 1 atom stereocenters. The summed E-state index contributed by atoms with van der Waals surface area (Å²) in [6, 6.07) is 7.84. The van der Waals surface area contributed by atoms with Gasteiger partial charge >= 0.3 is 0 Å². The molecule has 2 heterocycles. The van der Waals surface area contributed by atoms with E-state index in [2.05, 4.69) is 10.6 Å². The number of rotatable bonds is 5. The van der Waals surface area contributed by atoms with Gasteiger partial charge in [0.05, 0.1) is 6.61 Å². The number of hydrogen-bond acceptors (Lipinski definition) is 4. The fourth-order valence-electron chi connectivity index (χ4n) is 3.35. The maximum absolute atomic E-state index is 12.4. The number of amides is 1. The summed E-state index contributed by atoms with van der Waals surface area (Å²) in [6.07, 6.45) is 2.29. The van der Waals surface area contributed by atoms with E-state index in [1.165, 1.54) is 0 Å². The summed E-state index contributed by atoms with van der Waals surface area (Å²) in [5, 5.41) is 6.44. The van der Waals surface area contributed by atoms with Gasteiger partial charge in [0.2, 0.25) is 0 Å². The Bertz CT molecular complexity index is 502. The molecule has 3 rings (SSSR count). The zero-order valence-electron chi connectivity index (χ0n) is 13.5. The van der Waals surface area contributed by atoms with Crippen molar-refractivity contribution in [2.24, 2.45) is 5.41 Å². The summed E-state index contributed by atoms with van der Waals surface area (Å²) >= 11 is 0. The smallest absolute Gasteiger partial charge is 0.261 e. The first-order chi connectivity index (χ1) is 10.7. The molecule has 128 valence electrons. The molecule has 1 unspecified atom stereocenters. The Morgan fingerprint density at radius 2 is 2.13 bits per heavy atom. The van der Waals surface area contributed by atoms with E-state index in [1.807, 2.05) is 24.3 Å². The lowest BCUT2D eigenvalue weighted by molar-refractivity contribution is -0.128. The van der Waals surface area contributed by atoms with Gasteiger partial charge in [-0.2, -0.15) is 0 Å². The van der Waals surface area contributed by atoms with E-state index < -0.39 is 6.10 Å². The van der Waals surface area contributed by atoms with E-state index in [0.717, 1.165) is 37.2 Å². The molecule has 1 fully saturated rings. The number of benzene rings is 1. The van der Waals surface area contributed by atoms with E-state index in [9.17, 15) is 4.79 Å². The lowest BCUT2D eigenvalue weighted by atomic mass is 9.79. The van der Waals surface area contributed by atoms with Gasteiger partial charge in [-0.25, -0.2) is 0 Å². The Hall–Kier alpha value is -1.30. The van der Waals surface area contributed by atoms with Crippen molar-refractivity contribution >= 4 is 18.3 Å². The van der Waals surface area contributed by atoms with Crippen LogP contribution in [0.15, 0.2) is 24.3 Å².